The zero-order valence-corrected chi connectivity index (χ0v) is 12.7. The summed E-state index contributed by atoms with van der Waals surface area (Å²) < 4.78 is 18.8. The minimum absolute atomic E-state index is 0.218. The van der Waals surface area contributed by atoms with Crippen LogP contribution in [-0.4, -0.2) is 18.5 Å². The first-order chi connectivity index (χ1) is 11.1. The smallest absolute Gasteiger partial charge is 0.231 e. The third-order valence-electron chi connectivity index (χ3n) is 3.93. The zero-order valence-electron chi connectivity index (χ0n) is 12.7. The Kier molecular flexibility index (Phi) is 4.57. The molecule has 2 aromatic carbocycles. The summed E-state index contributed by atoms with van der Waals surface area (Å²) in [5.74, 6) is 0.577. The fourth-order valence-corrected chi connectivity index (χ4v) is 2.63. The van der Waals surface area contributed by atoms with Crippen molar-refractivity contribution in [2.24, 2.45) is 5.73 Å². The van der Waals surface area contributed by atoms with E-state index in [1.165, 1.54) is 17.7 Å². The number of hydrogen-bond donors (Lipinski definition) is 2. The lowest BCUT2D eigenvalue weighted by atomic mass is 10.1. The average molecular weight is 314 g/mol. The van der Waals surface area contributed by atoms with Crippen LogP contribution in [0.15, 0.2) is 48.5 Å². The molecule has 3 N–H and O–H groups in total. The predicted octanol–water partition coefficient (Wildman–Crippen LogP) is 2.34. The Balaban J connectivity index is 1.51. The number of amides is 1. The van der Waals surface area contributed by atoms with E-state index in [0.717, 1.165) is 17.7 Å². The van der Waals surface area contributed by atoms with Gasteiger partial charge in [-0.2, -0.15) is 0 Å². The van der Waals surface area contributed by atoms with Gasteiger partial charge in [-0.1, -0.05) is 24.3 Å². The molecule has 0 spiro atoms. The number of ether oxygens (including phenoxy) is 1. The van der Waals surface area contributed by atoms with E-state index < -0.39 is 0 Å². The summed E-state index contributed by atoms with van der Waals surface area (Å²) >= 11 is 0. The Morgan fingerprint density at radius 3 is 2.74 bits per heavy atom. The Bertz CT molecular complexity index is 688. The van der Waals surface area contributed by atoms with Crippen LogP contribution in [-0.2, 0) is 11.4 Å². The van der Waals surface area contributed by atoms with E-state index >= 15 is 0 Å². The van der Waals surface area contributed by atoms with Crippen LogP contribution in [0.5, 0.6) is 5.75 Å². The Hall–Kier alpha value is -2.40. The van der Waals surface area contributed by atoms with Crippen molar-refractivity contribution < 1.29 is 13.9 Å². The average Bonchev–Trinajstić information content (AvgIpc) is 3.31. The van der Waals surface area contributed by atoms with Crippen LogP contribution in [0.3, 0.4) is 0 Å². The molecule has 0 heterocycles. The van der Waals surface area contributed by atoms with E-state index in [1.54, 1.807) is 6.07 Å². The number of nitrogens with two attached hydrogens (primary N) is 1. The standard InChI is InChI=1S/C18H19FN2O2/c19-14-3-1-2-12(8-14)11-23-15-6-4-13(5-7-15)16-9-17(16)21-10-18(20)22/h1-8,16-17,21H,9-11H2,(H2,20,22)/t16-,17+/m0/s1. The van der Waals surface area contributed by atoms with Crippen molar-refractivity contribution in [3.8, 4) is 5.75 Å². The summed E-state index contributed by atoms with van der Waals surface area (Å²) in [7, 11) is 0. The lowest BCUT2D eigenvalue weighted by molar-refractivity contribution is -0.117. The highest BCUT2D eigenvalue weighted by molar-refractivity contribution is 5.76. The highest BCUT2D eigenvalue weighted by atomic mass is 19.1. The molecule has 1 aliphatic rings. The molecule has 0 aliphatic heterocycles. The van der Waals surface area contributed by atoms with Crippen LogP contribution in [0.1, 0.15) is 23.5 Å². The van der Waals surface area contributed by atoms with Gasteiger partial charge in [-0.05, 0) is 41.8 Å². The molecule has 23 heavy (non-hydrogen) atoms. The summed E-state index contributed by atoms with van der Waals surface area (Å²) in [6.07, 6.45) is 1.01. The summed E-state index contributed by atoms with van der Waals surface area (Å²) in [4.78, 5) is 10.7. The number of rotatable bonds is 7. The molecule has 0 radical (unpaired) electrons. The Morgan fingerprint density at radius 1 is 1.26 bits per heavy atom. The van der Waals surface area contributed by atoms with Crippen molar-refractivity contribution in [1.82, 2.24) is 5.32 Å². The van der Waals surface area contributed by atoms with E-state index in [-0.39, 0.29) is 18.3 Å². The summed E-state index contributed by atoms with van der Waals surface area (Å²) in [5, 5.41) is 3.13. The van der Waals surface area contributed by atoms with Gasteiger partial charge in [0, 0.05) is 12.0 Å². The molecule has 0 unspecified atom stereocenters. The van der Waals surface area contributed by atoms with Gasteiger partial charge in [0.2, 0.25) is 5.91 Å². The van der Waals surface area contributed by atoms with Crippen molar-refractivity contribution in [3.05, 3.63) is 65.5 Å². The van der Waals surface area contributed by atoms with Crippen LogP contribution < -0.4 is 15.8 Å². The first kappa shape index (κ1) is 15.5. The normalized spacial score (nSPS) is 19.3. The van der Waals surface area contributed by atoms with Crippen LogP contribution in [0.4, 0.5) is 4.39 Å². The molecule has 120 valence electrons. The first-order valence-corrected chi connectivity index (χ1v) is 7.61. The van der Waals surface area contributed by atoms with E-state index in [2.05, 4.69) is 5.32 Å². The fraction of sp³-hybridized carbons (Fsp3) is 0.278. The molecule has 2 aromatic rings. The molecule has 0 saturated heterocycles. The molecule has 0 aromatic heterocycles. The lowest BCUT2D eigenvalue weighted by Gasteiger charge is -2.08. The number of carbonyl (C=O) groups is 1. The van der Waals surface area contributed by atoms with Crippen molar-refractivity contribution in [2.45, 2.75) is 25.0 Å². The highest BCUT2D eigenvalue weighted by Gasteiger charge is 2.37. The molecular weight excluding hydrogens is 295 g/mol. The van der Waals surface area contributed by atoms with Gasteiger partial charge in [-0.15, -0.1) is 0 Å². The zero-order chi connectivity index (χ0) is 16.2. The maximum atomic E-state index is 13.1. The minimum Gasteiger partial charge on any atom is -0.489 e. The second-order valence-electron chi connectivity index (χ2n) is 5.78. The van der Waals surface area contributed by atoms with Gasteiger partial charge < -0.3 is 15.8 Å². The van der Waals surface area contributed by atoms with Crippen LogP contribution in [0.25, 0.3) is 0 Å². The number of hydrogen-bond acceptors (Lipinski definition) is 3. The molecule has 1 amide bonds. The maximum absolute atomic E-state index is 13.1. The van der Waals surface area contributed by atoms with Crippen LogP contribution in [0, 0.1) is 5.82 Å². The summed E-state index contributed by atoms with van der Waals surface area (Å²) in [6, 6.07) is 14.6. The monoisotopic (exact) mass is 314 g/mol. The second-order valence-corrected chi connectivity index (χ2v) is 5.78. The van der Waals surface area contributed by atoms with Crippen molar-refractivity contribution in [2.75, 3.05) is 6.54 Å². The summed E-state index contributed by atoms with van der Waals surface area (Å²) in [5.41, 5.74) is 7.13. The van der Waals surface area contributed by atoms with E-state index in [0.29, 0.717) is 18.6 Å². The van der Waals surface area contributed by atoms with Crippen LogP contribution >= 0.6 is 0 Å². The predicted molar refractivity (Wildman–Crippen MR) is 85.5 cm³/mol. The van der Waals surface area contributed by atoms with E-state index in [1.807, 2.05) is 30.3 Å². The third kappa shape index (κ3) is 4.29. The van der Waals surface area contributed by atoms with Gasteiger partial charge >= 0.3 is 0 Å². The Labute approximate surface area is 134 Å². The van der Waals surface area contributed by atoms with Crippen molar-refractivity contribution >= 4 is 5.91 Å². The van der Waals surface area contributed by atoms with Gasteiger partial charge in [-0.25, -0.2) is 4.39 Å². The van der Waals surface area contributed by atoms with E-state index in [9.17, 15) is 9.18 Å². The largest absolute Gasteiger partial charge is 0.489 e. The van der Waals surface area contributed by atoms with Gasteiger partial charge in [0.15, 0.2) is 0 Å². The lowest BCUT2D eigenvalue weighted by Crippen LogP contribution is -2.30. The number of carbonyl (C=O) groups excluding carboxylic acids is 1. The molecular formula is C18H19FN2O2. The van der Waals surface area contributed by atoms with Gasteiger partial charge in [0.25, 0.3) is 0 Å². The summed E-state index contributed by atoms with van der Waals surface area (Å²) in [6.45, 7) is 0.555. The second kappa shape index (κ2) is 6.79. The molecule has 1 aliphatic carbocycles. The minimum atomic E-state index is -0.336. The molecule has 3 rings (SSSR count). The number of primary amides is 1. The van der Waals surface area contributed by atoms with Crippen molar-refractivity contribution in [3.63, 3.8) is 0 Å². The van der Waals surface area contributed by atoms with Gasteiger partial charge in [0.1, 0.15) is 18.2 Å². The first-order valence-electron chi connectivity index (χ1n) is 7.61. The molecule has 2 atom stereocenters. The topological polar surface area (TPSA) is 64.4 Å². The number of halogens is 1. The molecule has 1 saturated carbocycles. The molecule has 0 bridgehead atoms. The van der Waals surface area contributed by atoms with Crippen LogP contribution in [0.2, 0.25) is 0 Å². The third-order valence-corrected chi connectivity index (χ3v) is 3.93. The molecule has 1 fully saturated rings. The number of nitrogens with one attached hydrogen (secondary N) is 1. The van der Waals surface area contributed by atoms with Crippen molar-refractivity contribution in [1.29, 1.82) is 0 Å². The molecule has 4 nitrogen and oxygen atoms in total. The van der Waals surface area contributed by atoms with Gasteiger partial charge in [-0.3, -0.25) is 4.79 Å². The van der Waals surface area contributed by atoms with Gasteiger partial charge in [0.05, 0.1) is 6.54 Å². The van der Waals surface area contributed by atoms with E-state index in [4.69, 9.17) is 10.5 Å². The molecule has 5 heteroatoms. The number of benzene rings is 2. The highest BCUT2D eigenvalue weighted by Crippen LogP contribution is 2.41. The Morgan fingerprint density at radius 2 is 2.04 bits per heavy atom. The quantitative estimate of drug-likeness (QED) is 0.824. The maximum Gasteiger partial charge on any atom is 0.231 e. The fourth-order valence-electron chi connectivity index (χ4n) is 2.63. The SMILES string of the molecule is NC(=O)CN[C@@H]1C[C@H]1c1ccc(OCc2cccc(F)c2)cc1.